The van der Waals surface area contributed by atoms with Crippen LogP contribution < -0.4 is 10.6 Å². The fourth-order valence-electron chi connectivity index (χ4n) is 1.38. The van der Waals surface area contributed by atoms with E-state index in [0.717, 1.165) is 18.7 Å². The Morgan fingerprint density at radius 2 is 2.39 bits per heavy atom. The van der Waals surface area contributed by atoms with E-state index in [0.29, 0.717) is 18.2 Å². The summed E-state index contributed by atoms with van der Waals surface area (Å²) < 4.78 is 4.85. The molecule has 0 aliphatic heterocycles. The third-order valence-corrected chi connectivity index (χ3v) is 3.22. The molecule has 1 rings (SSSR count). The van der Waals surface area contributed by atoms with Gasteiger partial charge in [0.2, 0.25) is 5.91 Å². The van der Waals surface area contributed by atoms with Crippen LogP contribution in [-0.2, 0) is 9.53 Å². The van der Waals surface area contributed by atoms with Gasteiger partial charge in [0, 0.05) is 18.5 Å². The molecule has 5 nitrogen and oxygen atoms in total. The fourth-order valence-corrected chi connectivity index (χ4v) is 2.20. The number of rotatable bonds is 8. The summed E-state index contributed by atoms with van der Waals surface area (Å²) in [7, 11) is 1.58. The van der Waals surface area contributed by atoms with Crippen molar-refractivity contribution in [1.29, 1.82) is 0 Å². The molecule has 6 heteroatoms. The highest BCUT2D eigenvalue weighted by molar-refractivity contribution is 7.13. The molecule has 0 fully saturated rings. The molecule has 0 bridgehead atoms. The van der Waals surface area contributed by atoms with Crippen LogP contribution in [0.2, 0.25) is 0 Å². The topological polar surface area (TPSA) is 63.2 Å². The Kier molecular flexibility index (Phi) is 6.85. The first-order valence-electron chi connectivity index (χ1n) is 6.15. The molecule has 18 heavy (non-hydrogen) atoms. The van der Waals surface area contributed by atoms with Crippen molar-refractivity contribution >= 4 is 22.4 Å². The number of hydrogen-bond donors (Lipinski definition) is 2. The summed E-state index contributed by atoms with van der Waals surface area (Å²) in [6.07, 6.45) is 1.45. The molecule has 0 spiro atoms. The predicted octanol–water partition coefficient (Wildman–Crippen LogP) is 2.18. The third kappa shape index (κ3) is 5.12. The number of aromatic nitrogens is 1. The van der Waals surface area contributed by atoms with Crippen LogP contribution in [-0.4, -0.2) is 31.2 Å². The van der Waals surface area contributed by atoms with Gasteiger partial charge in [-0.2, -0.15) is 0 Å². The van der Waals surface area contributed by atoms with Crippen molar-refractivity contribution in [1.82, 2.24) is 10.3 Å². The highest BCUT2D eigenvalue weighted by atomic mass is 32.1. The molecule has 1 heterocycles. The summed E-state index contributed by atoms with van der Waals surface area (Å²) in [5.41, 5.74) is 0.968. The van der Waals surface area contributed by atoms with Gasteiger partial charge in [-0.05, 0) is 19.9 Å². The normalized spacial score (nSPS) is 12.4. The number of carbonyl (C=O) groups is 1. The first-order valence-corrected chi connectivity index (χ1v) is 7.03. The highest BCUT2D eigenvalue weighted by Crippen LogP contribution is 2.20. The molecule has 2 N–H and O–H groups in total. The first kappa shape index (κ1) is 15.1. The summed E-state index contributed by atoms with van der Waals surface area (Å²) >= 11 is 1.45. The summed E-state index contributed by atoms with van der Waals surface area (Å²) in [6, 6.07) is 0.214. The van der Waals surface area contributed by atoms with Crippen LogP contribution in [0, 0.1) is 0 Å². The van der Waals surface area contributed by atoms with Gasteiger partial charge in [-0.25, -0.2) is 4.98 Å². The maximum Gasteiger partial charge on any atom is 0.228 e. The molecular weight excluding hydrogens is 250 g/mol. The van der Waals surface area contributed by atoms with Crippen LogP contribution >= 0.6 is 11.3 Å². The van der Waals surface area contributed by atoms with Gasteiger partial charge in [0.25, 0.3) is 0 Å². The van der Waals surface area contributed by atoms with E-state index in [1.54, 1.807) is 7.11 Å². The molecule has 0 aliphatic carbocycles. The van der Waals surface area contributed by atoms with Crippen LogP contribution in [0.1, 0.15) is 38.4 Å². The zero-order valence-corrected chi connectivity index (χ0v) is 12.0. The van der Waals surface area contributed by atoms with E-state index in [1.165, 1.54) is 11.3 Å². The lowest BCUT2D eigenvalue weighted by Crippen LogP contribution is -2.19. The lowest BCUT2D eigenvalue weighted by Gasteiger charge is -2.09. The minimum atomic E-state index is -0.0630. The fraction of sp³-hybridized carbons (Fsp3) is 0.667. The highest BCUT2D eigenvalue weighted by Gasteiger charge is 2.10. The number of methoxy groups -OCH3 is 1. The Hall–Kier alpha value is -0.980. The van der Waals surface area contributed by atoms with Crippen molar-refractivity contribution in [3.8, 4) is 0 Å². The SMILES string of the molecule is CCCNC(C)c1csc(NC(=O)CCOC)n1. The molecule has 0 aliphatic rings. The lowest BCUT2D eigenvalue weighted by molar-refractivity contribution is -0.117. The minimum absolute atomic E-state index is 0.0630. The van der Waals surface area contributed by atoms with Crippen LogP contribution in [0.5, 0.6) is 0 Å². The van der Waals surface area contributed by atoms with Crippen molar-refractivity contribution < 1.29 is 9.53 Å². The maximum absolute atomic E-state index is 11.5. The number of nitrogens with one attached hydrogen (secondary N) is 2. The predicted molar refractivity (Wildman–Crippen MR) is 73.9 cm³/mol. The summed E-state index contributed by atoms with van der Waals surface area (Å²) in [5, 5.41) is 8.75. The van der Waals surface area contributed by atoms with Gasteiger partial charge in [-0.15, -0.1) is 11.3 Å². The Balaban J connectivity index is 2.44. The van der Waals surface area contributed by atoms with Gasteiger partial charge in [-0.1, -0.05) is 6.92 Å². The summed E-state index contributed by atoms with van der Waals surface area (Å²) in [5.74, 6) is -0.0630. The van der Waals surface area contributed by atoms with Crippen LogP contribution in [0.3, 0.4) is 0 Å². The molecule has 1 aromatic heterocycles. The molecule has 0 saturated heterocycles. The Bertz CT molecular complexity index is 368. The number of amides is 1. The van der Waals surface area contributed by atoms with Crippen molar-refractivity contribution in [2.75, 3.05) is 25.6 Å². The van der Waals surface area contributed by atoms with Gasteiger partial charge in [0.15, 0.2) is 5.13 Å². The third-order valence-electron chi connectivity index (χ3n) is 2.45. The average molecular weight is 271 g/mol. The molecule has 1 aromatic rings. The van der Waals surface area contributed by atoms with Gasteiger partial charge < -0.3 is 15.4 Å². The summed E-state index contributed by atoms with van der Waals surface area (Å²) in [6.45, 7) is 5.59. The summed E-state index contributed by atoms with van der Waals surface area (Å²) in [4.78, 5) is 15.9. The number of carbonyl (C=O) groups excluding carboxylic acids is 1. The first-order chi connectivity index (χ1) is 8.67. The van der Waals surface area contributed by atoms with Gasteiger partial charge in [-0.3, -0.25) is 4.79 Å². The van der Waals surface area contributed by atoms with Crippen LogP contribution in [0.25, 0.3) is 0 Å². The molecular formula is C12H21N3O2S. The van der Waals surface area contributed by atoms with E-state index in [9.17, 15) is 4.79 Å². The zero-order chi connectivity index (χ0) is 13.4. The van der Waals surface area contributed by atoms with Gasteiger partial charge in [0.05, 0.1) is 18.7 Å². The Labute approximate surface area is 112 Å². The monoisotopic (exact) mass is 271 g/mol. The van der Waals surface area contributed by atoms with E-state index < -0.39 is 0 Å². The second kappa shape index (κ2) is 8.18. The van der Waals surface area contributed by atoms with E-state index in [-0.39, 0.29) is 11.9 Å². The quantitative estimate of drug-likeness (QED) is 0.760. The zero-order valence-electron chi connectivity index (χ0n) is 11.2. The number of nitrogens with zero attached hydrogens (tertiary/aromatic N) is 1. The van der Waals surface area contributed by atoms with Gasteiger partial charge in [0.1, 0.15) is 0 Å². The van der Waals surface area contributed by atoms with Crippen molar-refractivity contribution in [3.63, 3.8) is 0 Å². The average Bonchev–Trinajstić information content (AvgIpc) is 2.82. The lowest BCUT2D eigenvalue weighted by atomic mass is 10.2. The van der Waals surface area contributed by atoms with Crippen molar-refractivity contribution in [2.24, 2.45) is 0 Å². The molecule has 1 unspecified atom stereocenters. The molecule has 1 amide bonds. The molecule has 1 atom stereocenters. The minimum Gasteiger partial charge on any atom is -0.384 e. The van der Waals surface area contributed by atoms with Crippen molar-refractivity contribution in [2.45, 2.75) is 32.7 Å². The largest absolute Gasteiger partial charge is 0.384 e. The number of ether oxygens (including phenoxy) is 1. The van der Waals surface area contributed by atoms with E-state index in [1.807, 2.05) is 5.38 Å². The van der Waals surface area contributed by atoms with Crippen LogP contribution in [0.4, 0.5) is 5.13 Å². The number of hydrogen-bond acceptors (Lipinski definition) is 5. The van der Waals surface area contributed by atoms with Crippen molar-refractivity contribution in [3.05, 3.63) is 11.1 Å². The molecule has 0 aromatic carbocycles. The van der Waals surface area contributed by atoms with E-state index >= 15 is 0 Å². The number of anilines is 1. The molecule has 0 saturated carbocycles. The molecule has 102 valence electrons. The molecule has 0 radical (unpaired) electrons. The number of thiazole rings is 1. The van der Waals surface area contributed by atoms with E-state index in [4.69, 9.17) is 4.74 Å². The smallest absolute Gasteiger partial charge is 0.228 e. The Morgan fingerprint density at radius 1 is 1.61 bits per heavy atom. The van der Waals surface area contributed by atoms with Crippen LogP contribution in [0.15, 0.2) is 5.38 Å². The second-order valence-corrected chi connectivity index (χ2v) is 4.90. The second-order valence-electron chi connectivity index (χ2n) is 4.04. The van der Waals surface area contributed by atoms with E-state index in [2.05, 4.69) is 29.5 Å². The standard InChI is InChI=1S/C12H21N3O2S/c1-4-6-13-9(2)10-8-18-12(14-10)15-11(16)5-7-17-3/h8-9,13H,4-7H2,1-3H3,(H,14,15,16). The maximum atomic E-state index is 11.5. The van der Waals surface area contributed by atoms with Gasteiger partial charge >= 0.3 is 0 Å². The Morgan fingerprint density at radius 3 is 3.06 bits per heavy atom.